The van der Waals surface area contributed by atoms with Crippen molar-refractivity contribution in [3.63, 3.8) is 0 Å². The minimum atomic E-state index is -0.512. The van der Waals surface area contributed by atoms with Crippen LogP contribution in [0, 0.1) is 5.92 Å². The average Bonchev–Trinajstić information content (AvgIpc) is 2.55. The van der Waals surface area contributed by atoms with Crippen molar-refractivity contribution in [2.75, 3.05) is 40.0 Å². The first-order valence-electron chi connectivity index (χ1n) is 8.36. The zero-order chi connectivity index (χ0) is 15.8. The standard InChI is InChI=1S/C16H28N2O4/c1-21-16(20)14(11-13-5-3-2-4-6-13)17-15(19)12-18-7-9-22-10-8-18/h13-14H,2-12H2,1H3,(H,17,19). The molecule has 0 aromatic rings. The van der Waals surface area contributed by atoms with Gasteiger partial charge in [-0.15, -0.1) is 0 Å². The fourth-order valence-electron chi connectivity index (χ4n) is 3.31. The maximum atomic E-state index is 12.2. The number of morpholine rings is 1. The highest BCUT2D eigenvalue weighted by Crippen LogP contribution is 2.27. The molecule has 22 heavy (non-hydrogen) atoms. The Morgan fingerprint density at radius 2 is 1.91 bits per heavy atom. The van der Waals surface area contributed by atoms with E-state index in [4.69, 9.17) is 9.47 Å². The number of methoxy groups -OCH3 is 1. The average molecular weight is 312 g/mol. The molecule has 1 aliphatic heterocycles. The predicted octanol–water partition coefficient (Wildman–Crippen LogP) is 0.947. The molecule has 1 saturated heterocycles. The molecular weight excluding hydrogens is 284 g/mol. The number of carbonyl (C=O) groups excluding carboxylic acids is 2. The Morgan fingerprint density at radius 3 is 2.55 bits per heavy atom. The molecule has 1 aliphatic carbocycles. The molecule has 1 saturated carbocycles. The number of hydrogen-bond donors (Lipinski definition) is 1. The second-order valence-electron chi connectivity index (χ2n) is 6.27. The highest BCUT2D eigenvalue weighted by Gasteiger charge is 2.27. The highest BCUT2D eigenvalue weighted by atomic mass is 16.5. The van der Waals surface area contributed by atoms with Gasteiger partial charge in [0, 0.05) is 13.1 Å². The Kier molecular flexibility index (Phi) is 7.12. The van der Waals surface area contributed by atoms with Crippen molar-refractivity contribution in [3.8, 4) is 0 Å². The summed E-state index contributed by atoms with van der Waals surface area (Å²) in [6.45, 7) is 3.17. The first kappa shape index (κ1) is 17.2. The number of nitrogens with zero attached hydrogens (tertiary/aromatic N) is 1. The van der Waals surface area contributed by atoms with Crippen LogP contribution in [0.3, 0.4) is 0 Å². The van der Waals surface area contributed by atoms with Crippen molar-refractivity contribution in [3.05, 3.63) is 0 Å². The number of rotatable bonds is 6. The zero-order valence-corrected chi connectivity index (χ0v) is 13.5. The molecule has 1 atom stereocenters. The Morgan fingerprint density at radius 1 is 1.23 bits per heavy atom. The third-order valence-corrected chi connectivity index (χ3v) is 4.59. The smallest absolute Gasteiger partial charge is 0.328 e. The summed E-state index contributed by atoms with van der Waals surface area (Å²) in [7, 11) is 1.38. The Hall–Kier alpha value is -1.14. The summed E-state index contributed by atoms with van der Waals surface area (Å²) >= 11 is 0. The van der Waals surface area contributed by atoms with Crippen molar-refractivity contribution in [1.82, 2.24) is 10.2 Å². The van der Waals surface area contributed by atoms with E-state index in [1.807, 2.05) is 4.90 Å². The van der Waals surface area contributed by atoms with E-state index in [0.717, 1.165) is 25.9 Å². The summed E-state index contributed by atoms with van der Waals surface area (Å²) in [6.07, 6.45) is 6.71. The van der Waals surface area contributed by atoms with Crippen LogP contribution in [0.2, 0.25) is 0 Å². The van der Waals surface area contributed by atoms with E-state index in [9.17, 15) is 9.59 Å². The molecule has 1 N–H and O–H groups in total. The van der Waals surface area contributed by atoms with Gasteiger partial charge >= 0.3 is 5.97 Å². The predicted molar refractivity (Wildman–Crippen MR) is 82.4 cm³/mol. The van der Waals surface area contributed by atoms with Gasteiger partial charge < -0.3 is 14.8 Å². The van der Waals surface area contributed by atoms with E-state index in [0.29, 0.717) is 32.1 Å². The molecule has 0 bridgehead atoms. The zero-order valence-electron chi connectivity index (χ0n) is 13.5. The van der Waals surface area contributed by atoms with Crippen LogP contribution in [0.15, 0.2) is 0 Å². The molecule has 6 nitrogen and oxygen atoms in total. The number of ether oxygens (including phenoxy) is 2. The van der Waals surface area contributed by atoms with Crippen molar-refractivity contribution in [1.29, 1.82) is 0 Å². The molecule has 2 aliphatic rings. The van der Waals surface area contributed by atoms with Gasteiger partial charge in [-0.3, -0.25) is 9.69 Å². The summed E-state index contributed by atoms with van der Waals surface area (Å²) in [5.74, 6) is 0.0792. The first-order valence-corrected chi connectivity index (χ1v) is 8.36. The van der Waals surface area contributed by atoms with Gasteiger partial charge in [-0.2, -0.15) is 0 Å². The van der Waals surface area contributed by atoms with E-state index in [1.54, 1.807) is 0 Å². The summed E-state index contributed by atoms with van der Waals surface area (Å²) in [6, 6.07) is -0.512. The van der Waals surface area contributed by atoms with Crippen LogP contribution in [0.1, 0.15) is 38.5 Å². The SMILES string of the molecule is COC(=O)C(CC1CCCCC1)NC(=O)CN1CCOCC1. The van der Waals surface area contributed by atoms with Crippen molar-refractivity contribution in [2.24, 2.45) is 5.92 Å². The molecule has 126 valence electrons. The number of hydrogen-bond acceptors (Lipinski definition) is 5. The lowest BCUT2D eigenvalue weighted by Crippen LogP contribution is -2.48. The van der Waals surface area contributed by atoms with Gasteiger partial charge in [-0.25, -0.2) is 4.79 Å². The van der Waals surface area contributed by atoms with Gasteiger partial charge in [0.15, 0.2) is 0 Å². The van der Waals surface area contributed by atoms with Gasteiger partial charge in [0.2, 0.25) is 5.91 Å². The second kappa shape index (κ2) is 9.10. The normalized spacial score (nSPS) is 22.0. The lowest BCUT2D eigenvalue weighted by Gasteiger charge is -2.28. The molecule has 0 radical (unpaired) electrons. The van der Waals surface area contributed by atoms with Crippen LogP contribution in [-0.2, 0) is 19.1 Å². The lowest BCUT2D eigenvalue weighted by molar-refractivity contribution is -0.146. The number of nitrogens with one attached hydrogen (secondary N) is 1. The maximum absolute atomic E-state index is 12.2. The van der Waals surface area contributed by atoms with E-state index < -0.39 is 6.04 Å². The topological polar surface area (TPSA) is 67.9 Å². The van der Waals surface area contributed by atoms with Gasteiger partial charge in [-0.05, 0) is 12.3 Å². The number of amides is 1. The van der Waals surface area contributed by atoms with Crippen LogP contribution >= 0.6 is 0 Å². The van der Waals surface area contributed by atoms with Crippen LogP contribution in [0.25, 0.3) is 0 Å². The van der Waals surface area contributed by atoms with Crippen molar-refractivity contribution in [2.45, 2.75) is 44.6 Å². The molecule has 0 aromatic heterocycles. The second-order valence-corrected chi connectivity index (χ2v) is 6.27. The minimum absolute atomic E-state index is 0.104. The third kappa shape index (κ3) is 5.57. The Labute approximate surface area is 132 Å². The van der Waals surface area contributed by atoms with E-state index in [1.165, 1.54) is 26.4 Å². The van der Waals surface area contributed by atoms with E-state index in [2.05, 4.69) is 5.32 Å². The summed E-state index contributed by atoms with van der Waals surface area (Å²) in [4.78, 5) is 26.2. The minimum Gasteiger partial charge on any atom is -0.467 e. The van der Waals surface area contributed by atoms with E-state index in [-0.39, 0.29) is 11.9 Å². The maximum Gasteiger partial charge on any atom is 0.328 e. The molecule has 1 heterocycles. The molecule has 0 aromatic carbocycles. The fraction of sp³-hybridized carbons (Fsp3) is 0.875. The Balaban J connectivity index is 1.82. The van der Waals surface area contributed by atoms with Crippen LogP contribution < -0.4 is 5.32 Å². The van der Waals surface area contributed by atoms with Gasteiger partial charge in [0.05, 0.1) is 26.9 Å². The molecule has 0 spiro atoms. The fourth-order valence-corrected chi connectivity index (χ4v) is 3.31. The lowest BCUT2D eigenvalue weighted by atomic mass is 9.85. The monoisotopic (exact) mass is 312 g/mol. The molecule has 2 fully saturated rings. The van der Waals surface area contributed by atoms with Gasteiger partial charge in [-0.1, -0.05) is 32.1 Å². The van der Waals surface area contributed by atoms with Crippen LogP contribution in [-0.4, -0.2) is 62.8 Å². The van der Waals surface area contributed by atoms with Crippen molar-refractivity contribution < 1.29 is 19.1 Å². The van der Waals surface area contributed by atoms with Gasteiger partial charge in [0.1, 0.15) is 6.04 Å². The van der Waals surface area contributed by atoms with Gasteiger partial charge in [0.25, 0.3) is 0 Å². The number of carbonyl (C=O) groups is 2. The largest absolute Gasteiger partial charge is 0.467 e. The summed E-state index contributed by atoms with van der Waals surface area (Å²) < 4.78 is 10.1. The summed E-state index contributed by atoms with van der Waals surface area (Å²) in [5.41, 5.74) is 0. The quantitative estimate of drug-likeness (QED) is 0.740. The molecule has 2 rings (SSSR count). The molecule has 6 heteroatoms. The molecular formula is C16H28N2O4. The first-order chi connectivity index (χ1) is 10.7. The van der Waals surface area contributed by atoms with Crippen LogP contribution in [0.5, 0.6) is 0 Å². The highest BCUT2D eigenvalue weighted by molar-refractivity contribution is 5.85. The molecule has 1 unspecified atom stereocenters. The summed E-state index contributed by atoms with van der Waals surface area (Å²) in [5, 5.41) is 2.87. The van der Waals surface area contributed by atoms with Crippen molar-refractivity contribution >= 4 is 11.9 Å². The third-order valence-electron chi connectivity index (χ3n) is 4.59. The van der Waals surface area contributed by atoms with Crippen LogP contribution in [0.4, 0.5) is 0 Å². The Bertz CT molecular complexity index is 363. The molecule has 1 amide bonds. The number of esters is 1. The van der Waals surface area contributed by atoms with E-state index >= 15 is 0 Å².